The van der Waals surface area contributed by atoms with Crippen molar-refractivity contribution in [3.63, 3.8) is 0 Å². The van der Waals surface area contributed by atoms with Crippen LogP contribution in [0.3, 0.4) is 0 Å². The lowest BCUT2D eigenvalue weighted by molar-refractivity contribution is 0.198. The number of nitrogens with one attached hydrogen (secondary N) is 1. The van der Waals surface area contributed by atoms with Crippen LogP contribution in [0.2, 0.25) is 0 Å². The summed E-state index contributed by atoms with van der Waals surface area (Å²) in [5, 5.41) is 2.99. The summed E-state index contributed by atoms with van der Waals surface area (Å²) in [6.07, 6.45) is 1.07. The molecule has 0 saturated carbocycles. The lowest BCUT2D eigenvalue weighted by Gasteiger charge is -2.26. The zero-order valence-corrected chi connectivity index (χ0v) is 18.1. The van der Waals surface area contributed by atoms with Gasteiger partial charge in [-0.3, -0.25) is 0 Å². The van der Waals surface area contributed by atoms with Crippen LogP contribution in [0.15, 0.2) is 48.5 Å². The van der Waals surface area contributed by atoms with Gasteiger partial charge in [-0.05, 0) is 73.8 Å². The fraction of sp³-hybridized carbons (Fsp3) is 0.458. The molecule has 2 aromatic rings. The van der Waals surface area contributed by atoms with Gasteiger partial charge in [0.05, 0.1) is 6.61 Å². The molecule has 2 aromatic carbocycles. The molecule has 3 rings (SSSR count). The summed E-state index contributed by atoms with van der Waals surface area (Å²) in [5.74, 6) is 1.41. The van der Waals surface area contributed by atoms with Crippen LogP contribution >= 0.6 is 0 Å². The molecule has 0 bridgehead atoms. The van der Waals surface area contributed by atoms with Crippen molar-refractivity contribution in [1.82, 2.24) is 9.80 Å². The Morgan fingerprint density at radius 2 is 1.90 bits per heavy atom. The molecule has 1 heterocycles. The Morgan fingerprint density at radius 1 is 1.20 bits per heavy atom. The van der Waals surface area contributed by atoms with Gasteiger partial charge in [0.15, 0.2) is 0 Å². The zero-order valence-electron chi connectivity index (χ0n) is 18.1. The van der Waals surface area contributed by atoms with E-state index in [-0.39, 0.29) is 11.8 Å². The molecule has 6 heteroatoms. The SMILES string of the molecule is CC(C)COc1ccc(NC(=O)N(Cc2ccc(F)cc2)C[C@H]2CCN(C)C2)cc1. The number of hydrogen-bond acceptors (Lipinski definition) is 3. The zero-order chi connectivity index (χ0) is 21.5. The Morgan fingerprint density at radius 3 is 2.50 bits per heavy atom. The molecule has 1 aliphatic rings. The molecule has 2 amide bonds. The van der Waals surface area contributed by atoms with E-state index in [1.54, 1.807) is 12.1 Å². The molecule has 1 aliphatic heterocycles. The maximum absolute atomic E-state index is 13.3. The second kappa shape index (κ2) is 10.4. The van der Waals surface area contributed by atoms with E-state index in [0.29, 0.717) is 31.5 Å². The van der Waals surface area contributed by atoms with Crippen molar-refractivity contribution in [3.05, 3.63) is 59.9 Å². The number of amides is 2. The van der Waals surface area contributed by atoms with Gasteiger partial charge in [-0.25, -0.2) is 9.18 Å². The van der Waals surface area contributed by atoms with Gasteiger partial charge >= 0.3 is 6.03 Å². The van der Waals surface area contributed by atoms with Crippen LogP contribution in [0.4, 0.5) is 14.9 Å². The average Bonchev–Trinajstić information content (AvgIpc) is 3.13. The third kappa shape index (κ3) is 6.73. The summed E-state index contributed by atoms with van der Waals surface area (Å²) in [4.78, 5) is 17.2. The lowest BCUT2D eigenvalue weighted by Crippen LogP contribution is -2.38. The second-order valence-electron chi connectivity index (χ2n) is 8.58. The quantitative estimate of drug-likeness (QED) is 0.673. The fourth-order valence-corrected chi connectivity index (χ4v) is 3.62. The Balaban J connectivity index is 1.65. The minimum absolute atomic E-state index is 0.148. The maximum Gasteiger partial charge on any atom is 0.322 e. The molecule has 0 aromatic heterocycles. The van der Waals surface area contributed by atoms with Gasteiger partial charge in [0.1, 0.15) is 11.6 Å². The van der Waals surface area contributed by atoms with Crippen LogP contribution in [0.25, 0.3) is 0 Å². The molecule has 1 N–H and O–H groups in total. The smallest absolute Gasteiger partial charge is 0.322 e. The Labute approximate surface area is 178 Å². The Kier molecular flexibility index (Phi) is 7.69. The minimum atomic E-state index is -0.271. The fourth-order valence-electron chi connectivity index (χ4n) is 3.62. The van der Waals surface area contributed by atoms with E-state index in [1.165, 1.54) is 12.1 Å². The first-order chi connectivity index (χ1) is 14.4. The average molecular weight is 414 g/mol. The lowest BCUT2D eigenvalue weighted by atomic mass is 10.1. The highest BCUT2D eigenvalue weighted by Crippen LogP contribution is 2.20. The Hall–Kier alpha value is -2.60. The molecular formula is C24H32FN3O2. The summed E-state index contributed by atoms with van der Waals surface area (Å²) in [7, 11) is 2.10. The topological polar surface area (TPSA) is 44.8 Å². The normalized spacial score (nSPS) is 16.6. The van der Waals surface area contributed by atoms with Crippen molar-refractivity contribution in [2.45, 2.75) is 26.8 Å². The van der Waals surface area contributed by atoms with Gasteiger partial charge in [0.2, 0.25) is 0 Å². The number of ether oxygens (including phenoxy) is 1. The number of nitrogens with zero attached hydrogens (tertiary/aromatic N) is 2. The highest BCUT2D eigenvalue weighted by molar-refractivity contribution is 5.89. The summed E-state index contributed by atoms with van der Waals surface area (Å²) in [6.45, 7) is 8.01. The number of urea groups is 1. The molecule has 0 aliphatic carbocycles. The van der Waals surface area contributed by atoms with Crippen molar-refractivity contribution in [1.29, 1.82) is 0 Å². The first kappa shape index (κ1) is 22.1. The summed E-state index contributed by atoms with van der Waals surface area (Å²) >= 11 is 0. The van der Waals surface area contributed by atoms with Gasteiger partial charge in [-0.1, -0.05) is 26.0 Å². The molecular weight excluding hydrogens is 381 g/mol. The van der Waals surface area contributed by atoms with Crippen LogP contribution in [-0.4, -0.2) is 49.1 Å². The molecule has 0 radical (unpaired) electrons. The van der Waals surface area contributed by atoms with Crippen molar-refractivity contribution in [2.24, 2.45) is 11.8 Å². The molecule has 1 fully saturated rings. The first-order valence-electron chi connectivity index (χ1n) is 10.6. The molecule has 5 nitrogen and oxygen atoms in total. The number of benzene rings is 2. The summed E-state index contributed by atoms with van der Waals surface area (Å²) in [6, 6.07) is 13.6. The summed E-state index contributed by atoms with van der Waals surface area (Å²) in [5.41, 5.74) is 1.64. The predicted octanol–water partition coefficient (Wildman–Crippen LogP) is 4.85. The van der Waals surface area contributed by atoms with Crippen molar-refractivity contribution < 1.29 is 13.9 Å². The van der Waals surface area contributed by atoms with Crippen LogP contribution in [-0.2, 0) is 6.54 Å². The number of carbonyl (C=O) groups excluding carboxylic acids is 1. The van der Waals surface area contributed by atoms with E-state index >= 15 is 0 Å². The number of carbonyl (C=O) groups is 1. The second-order valence-corrected chi connectivity index (χ2v) is 8.58. The predicted molar refractivity (Wildman–Crippen MR) is 118 cm³/mol. The minimum Gasteiger partial charge on any atom is -0.493 e. The van der Waals surface area contributed by atoms with E-state index in [1.807, 2.05) is 29.2 Å². The van der Waals surface area contributed by atoms with Crippen molar-refractivity contribution in [3.8, 4) is 5.75 Å². The van der Waals surface area contributed by atoms with E-state index in [9.17, 15) is 9.18 Å². The number of likely N-dealkylation sites (tertiary alicyclic amines) is 1. The first-order valence-corrected chi connectivity index (χ1v) is 10.6. The highest BCUT2D eigenvalue weighted by atomic mass is 19.1. The van der Waals surface area contributed by atoms with Gasteiger partial charge in [-0.2, -0.15) is 0 Å². The van der Waals surface area contributed by atoms with Crippen molar-refractivity contribution >= 4 is 11.7 Å². The molecule has 30 heavy (non-hydrogen) atoms. The van der Waals surface area contributed by atoms with E-state index in [2.05, 4.69) is 31.1 Å². The molecule has 1 saturated heterocycles. The van der Waals surface area contributed by atoms with E-state index < -0.39 is 0 Å². The largest absolute Gasteiger partial charge is 0.493 e. The highest BCUT2D eigenvalue weighted by Gasteiger charge is 2.24. The number of hydrogen-bond donors (Lipinski definition) is 1. The van der Waals surface area contributed by atoms with Gasteiger partial charge in [0.25, 0.3) is 0 Å². The van der Waals surface area contributed by atoms with Crippen molar-refractivity contribution in [2.75, 3.05) is 38.6 Å². The van der Waals surface area contributed by atoms with Gasteiger partial charge in [-0.15, -0.1) is 0 Å². The Bertz CT molecular complexity index is 808. The van der Waals surface area contributed by atoms with Gasteiger partial charge in [0, 0.05) is 25.3 Å². The number of anilines is 1. The summed E-state index contributed by atoms with van der Waals surface area (Å²) < 4.78 is 19.0. The molecule has 0 spiro atoms. The van der Waals surface area contributed by atoms with Crippen LogP contribution in [0, 0.1) is 17.7 Å². The third-order valence-corrected chi connectivity index (χ3v) is 5.23. The monoisotopic (exact) mass is 413 g/mol. The maximum atomic E-state index is 13.3. The van der Waals surface area contributed by atoms with Crippen LogP contribution in [0.5, 0.6) is 5.75 Å². The number of halogens is 1. The molecule has 0 unspecified atom stereocenters. The van der Waals surface area contributed by atoms with Crippen LogP contribution < -0.4 is 10.1 Å². The number of rotatable bonds is 8. The molecule has 162 valence electrons. The third-order valence-electron chi connectivity index (χ3n) is 5.23. The van der Waals surface area contributed by atoms with Gasteiger partial charge < -0.3 is 19.9 Å². The van der Waals surface area contributed by atoms with E-state index in [4.69, 9.17) is 4.74 Å². The van der Waals surface area contributed by atoms with E-state index in [0.717, 1.165) is 36.5 Å². The standard InChI is InChI=1S/C24H32FN3O2/c1-18(2)17-30-23-10-8-22(9-11-23)26-24(29)28(16-20-12-13-27(3)14-20)15-19-4-6-21(25)7-5-19/h4-11,18,20H,12-17H2,1-3H3,(H,26,29)/t20-/m0/s1. The van der Waals surface area contributed by atoms with Crippen LogP contribution in [0.1, 0.15) is 25.8 Å². The molecule has 1 atom stereocenters.